The molecule has 41 heteroatoms. The molecule has 0 aliphatic carbocycles. The smallest absolute Gasteiger partial charge is 0.323 e. The number of aromatic nitrogens is 4. The molecule has 8 saturated heterocycles. The molecule has 20 rings (SSSR count). The Morgan fingerprint density at radius 1 is 0.408 bits per heavy atom. The molecule has 8 fully saturated rings. The highest BCUT2D eigenvalue weighted by Gasteiger charge is 2.54. The van der Waals surface area contributed by atoms with Crippen molar-refractivity contribution in [1.29, 1.82) is 0 Å². The second-order valence-corrected chi connectivity index (χ2v) is 36.9. The molecule has 0 bridgehead atoms. The van der Waals surface area contributed by atoms with Crippen molar-refractivity contribution in [3.63, 3.8) is 0 Å². The number of methoxy groups -OCH3 is 8. The molecule has 12 aliphatic heterocycles. The monoisotopic (exact) mass is 2000 g/mol. The Hall–Kier alpha value is -17.1. The third-order valence-electron chi connectivity index (χ3n) is 27.5. The molecule has 40 nitrogen and oxygen atoms in total. The summed E-state index contributed by atoms with van der Waals surface area (Å²) in [5.41, 5.74) is -0.285. The molecule has 4 aromatic carbocycles. The lowest BCUT2D eigenvalue weighted by molar-refractivity contribution is -0.128. The molecule has 0 radical (unpaired) electrons. The molecule has 12 aliphatic rings. The number of hydrogen-bond donors (Lipinski definition) is 5. The van der Waals surface area contributed by atoms with E-state index in [-0.39, 0.29) is 128 Å². The number of piperazine rings is 1. The fourth-order valence-electron chi connectivity index (χ4n) is 19.4. The van der Waals surface area contributed by atoms with E-state index in [0.717, 1.165) is 80.6 Å². The Balaban J connectivity index is 0.000000134. The van der Waals surface area contributed by atoms with Crippen LogP contribution in [0, 0.1) is 69.4 Å². The zero-order valence-corrected chi connectivity index (χ0v) is 82.2. The number of rotatable bonds is 22. The molecule has 5 atom stereocenters. The Kier molecular flexibility index (Phi) is 29.6. The summed E-state index contributed by atoms with van der Waals surface area (Å²) in [4.78, 5) is 211. The van der Waals surface area contributed by atoms with Crippen molar-refractivity contribution in [3.05, 3.63) is 194 Å². The van der Waals surface area contributed by atoms with Crippen molar-refractivity contribution in [1.82, 2.24) is 71.0 Å². The van der Waals surface area contributed by atoms with Gasteiger partial charge in [-0.05, 0) is 164 Å². The minimum atomic E-state index is -1.83. The second-order valence-electron chi connectivity index (χ2n) is 36.9. The molecule has 15 amide bonds. The maximum atomic E-state index is 14.8. The third kappa shape index (κ3) is 21.1. The maximum Gasteiger partial charge on any atom is 0.323 e. The molecule has 147 heavy (non-hydrogen) atoms. The summed E-state index contributed by atoms with van der Waals surface area (Å²) >= 11 is 0. The molecule has 5 N–H and O–H groups in total. The van der Waals surface area contributed by atoms with Crippen LogP contribution in [0.25, 0.3) is 0 Å². The highest BCUT2D eigenvalue weighted by atomic mass is 19.1. The summed E-state index contributed by atoms with van der Waals surface area (Å²) in [6.07, 6.45) is 6.46. The number of hydrogen-bond acceptors (Lipinski definition) is 29. The first-order chi connectivity index (χ1) is 70.8. The van der Waals surface area contributed by atoms with Crippen LogP contribution in [0.1, 0.15) is 151 Å². The van der Waals surface area contributed by atoms with Crippen molar-refractivity contribution in [2.45, 2.75) is 102 Å². The number of β-lactam (4-membered cyclic amide) rings is 1. The predicted octanol–water partition coefficient (Wildman–Crippen LogP) is 5.24. The standard InChI is InChI=1S/C29H33N5O6.C27H26N4O6.C26H26N4O4.C24H20FN5O6/c1-38-15-14-32-10-12-33(13-11-32)25-7-6-24(40-3)23(30-25)8-9-29(17-26(35)31-28(29)37)19-34-18-20-4-5-21(39-2)16-22(20)27(34)36;1-16-4-9-24(33)31(16)22-8-7-21(37-3)20(28-22)10-11-27(13-23(32)29-26(27)35)15-30-14-17-5-6-18(36-2)12-19(17)25(30)34;1-34-20-7-6-19-16-30(24(32)21(19)13-20)17-26(14-23(31)28-25(26)33)10-9-18-5-8-22(27-15-18)29-11-3-2-4-12-29;1-35-15-5-6-17(30-10-8-18(30)31)26-14(15)7-9-24(22(33)27-23(34)28-24)12-29-11-13-3-4-16(36-2)20(25)19(13)21(29)32/h4-7,16H,10-15,17-19H2,1-3H3,(H,31,35,37);5-8,12,16H,4,9,13-15H2,1-3H3,(H,29,32,35);5-8,13,15H,2-4,11-12,14,16-17H2,1H3,(H,28,31,33);3-6H,8,10-12H2,1-2H3,(H2,27,28,33,34)/t29-;16?,27-;26-;24-/m1111/s1. The van der Waals surface area contributed by atoms with Crippen LogP contribution in [0.4, 0.5) is 32.5 Å². The quantitative estimate of drug-likeness (QED) is 0.0250. The number of carbonyl (C=O) groups is 14. The van der Waals surface area contributed by atoms with Gasteiger partial charge in [-0.25, -0.2) is 29.1 Å². The topological polar surface area (TPSA) is 454 Å². The molecule has 4 aromatic heterocycles. The van der Waals surface area contributed by atoms with Gasteiger partial charge in [0.1, 0.15) is 56.8 Å². The van der Waals surface area contributed by atoms with E-state index in [1.165, 1.54) is 82.7 Å². The number of piperidine rings is 1. The first kappa shape index (κ1) is 101. The fraction of sp³-hybridized carbons (Fsp3) is 0.377. The van der Waals surface area contributed by atoms with Crippen molar-refractivity contribution in [2.75, 3.05) is 162 Å². The molecular formula is C106H105FN18O22. The van der Waals surface area contributed by atoms with Crippen molar-refractivity contribution in [3.8, 4) is 87.6 Å². The van der Waals surface area contributed by atoms with Gasteiger partial charge in [0.05, 0.1) is 87.7 Å². The highest BCUT2D eigenvalue weighted by molar-refractivity contribution is 6.13. The lowest BCUT2D eigenvalue weighted by atomic mass is 9.85. The molecule has 16 heterocycles. The van der Waals surface area contributed by atoms with Gasteiger partial charge in [-0.2, -0.15) is 0 Å². The molecule has 0 saturated carbocycles. The zero-order chi connectivity index (χ0) is 104. The van der Waals surface area contributed by atoms with E-state index in [1.54, 1.807) is 102 Å². The molecule has 0 spiro atoms. The summed E-state index contributed by atoms with van der Waals surface area (Å²) in [5, 5.41) is 11.7. The van der Waals surface area contributed by atoms with E-state index < -0.39 is 75.0 Å². The number of nitrogens with zero attached hydrogens (tertiary/aromatic N) is 13. The lowest BCUT2D eigenvalue weighted by Gasteiger charge is -2.35. The van der Waals surface area contributed by atoms with Gasteiger partial charge in [-0.15, -0.1) is 0 Å². The lowest BCUT2D eigenvalue weighted by Crippen LogP contribution is -2.54. The molecule has 8 aromatic rings. The van der Waals surface area contributed by atoms with Crippen molar-refractivity contribution < 1.29 is 109 Å². The summed E-state index contributed by atoms with van der Waals surface area (Å²) in [7, 11) is 12.0. The van der Waals surface area contributed by atoms with Gasteiger partial charge < -0.3 is 72.6 Å². The van der Waals surface area contributed by atoms with Gasteiger partial charge in [-0.1, -0.05) is 53.9 Å². The van der Waals surface area contributed by atoms with E-state index in [0.29, 0.717) is 113 Å². The van der Waals surface area contributed by atoms with Gasteiger partial charge >= 0.3 is 6.03 Å². The number of pyridine rings is 4. The van der Waals surface area contributed by atoms with E-state index in [9.17, 15) is 71.5 Å². The van der Waals surface area contributed by atoms with Gasteiger partial charge in [0.25, 0.3) is 29.5 Å². The number of nitrogens with one attached hydrogen (secondary N) is 5. The van der Waals surface area contributed by atoms with Crippen LogP contribution in [0.5, 0.6) is 40.2 Å². The fourth-order valence-corrected chi connectivity index (χ4v) is 19.4. The highest BCUT2D eigenvalue weighted by Crippen LogP contribution is 2.41. The number of benzene rings is 4. The van der Waals surface area contributed by atoms with Crippen LogP contribution >= 0.6 is 0 Å². The summed E-state index contributed by atoms with van der Waals surface area (Å²) in [6, 6.07) is 32.2. The third-order valence-corrected chi connectivity index (χ3v) is 27.5. The number of anilines is 4. The van der Waals surface area contributed by atoms with Crippen LogP contribution in [-0.2, 0) is 74.1 Å². The van der Waals surface area contributed by atoms with E-state index in [4.69, 9.17) is 42.9 Å². The predicted molar refractivity (Wildman–Crippen MR) is 525 cm³/mol. The summed E-state index contributed by atoms with van der Waals surface area (Å²) < 4.78 is 56.9. The van der Waals surface area contributed by atoms with Crippen LogP contribution in [0.3, 0.4) is 0 Å². The summed E-state index contributed by atoms with van der Waals surface area (Å²) in [6.45, 7) is 10.0. The number of amides is 15. The van der Waals surface area contributed by atoms with E-state index >= 15 is 0 Å². The van der Waals surface area contributed by atoms with Crippen LogP contribution in [-0.4, -0.2) is 281 Å². The van der Waals surface area contributed by atoms with Gasteiger partial charge in [0.2, 0.25) is 52.8 Å². The number of carbonyl (C=O) groups excluding carboxylic acids is 14. The minimum Gasteiger partial charge on any atom is -0.497 e. The molecule has 758 valence electrons. The number of fused-ring (bicyclic) bond motifs is 4. The second kappa shape index (κ2) is 42.9. The van der Waals surface area contributed by atoms with Gasteiger partial charge in [0, 0.05) is 153 Å². The van der Waals surface area contributed by atoms with Crippen molar-refractivity contribution in [2.24, 2.45) is 16.2 Å². The number of halogens is 1. The first-order valence-electron chi connectivity index (χ1n) is 47.6. The zero-order valence-electron chi connectivity index (χ0n) is 82.2. The normalized spacial score (nSPS) is 21.3. The van der Waals surface area contributed by atoms with Gasteiger partial charge in [0.15, 0.2) is 45.9 Å². The van der Waals surface area contributed by atoms with Crippen molar-refractivity contribution >= 4 is 106 Å². The SMILES string of the molecule is COCCN1CCN(c2ccc(OC)c(C#C[C@]3(CN4Cc5ccc(OC)cc5C4=O)CC(=O)NC3=O)n2)CC1.COc1ccc(N2CCC2=O)nc1C#C[C@]1(CN2Cc3ccc(OC)c(F)c3C2=O)NC(=O)NC1=O.COc1ccc2c(c1)C(=O)N(C[C@@]1(C#Cc3ccc(N4CCCCC4)nc3)CC(=O)NC1=O)C2.COc1ccc2c(c1)C(=O)N(C[C@@]1(C#Cc3nc(N4C(=O)CCC4C)ccc3OC)CC(=O)NC1=O)C2. The Morgan fingerprint density at radius 2 is 0.844 bits per heavy atom. The van der Waals surface area contributed by atoms with Gasteiger partial charge in [-0.3, -0.25) is 98.3 Å². The van der Waals surface area contributed by atoms with Crippen LogP contribution < -0.4 is 79.3 Å². The molecular weight excluding hydrogens is 1900 g/mol. The Labute approximate surface area is 844 Å². The summed E-state index contributed by atoms with van der Waals surface area (Å²) in [5.74, 6) is 22.9. The van der Waals surface area contributed by atoms with E-state index in [1.807, 2.05) is 49.4 Å². The maximum absolute atomic E-state index is 14.8. The number of imide groups is 4. The van der Waals surface area contributed by atoms with Crippen LogP contribution in [0.2, 0.25) is 0 Å². The minimum absolute atomic E-state index is 0.000197. The first-order valence-corrected chi connectivity index (χ1v) is 47.6. The average molecular weight is 2000 g/mol. The largest absolute Gasteiger partial charge is 0.497 e. The molecule has 1 unspecified atom stereocenters. The average Bonchev–Trinajstić information content (AvgIpc) is 1.63. The number of ether oxygens (including phenoxy) is 8. The Bertz CT molecular complexity index is 7020. The Morgan fingerprint density at radius 3 is 1.27 bits per heavy atom. The number of urea groups is 1. The van der Waals surface area contributed by atoms with Crippen LogP contribution in [0.15, 0.2) is 121 Å². The van der Waals surface area contributed by atoms with E-state index in [2.05, 4.69) is 104 Å².